The van der Waals surface area contributed by atoms with Crippen LogP contribution in [-0.4, -0.2) is 13.3 Å². The fourth-order valence-electron chi connectivity index (χ4n) is 0.144. The first-order valence-electron chi connectivity index (χ1n) is 1.88. The number of hydrogen-bond acceptors (Lipinski definition) is 2. The molecule has 0 aromatic carbocycles. The molecule has 0 aromatic heterocycles. The molecule has 0 bridgehead atoms. The van der Waals surface area contributed by atoms with E-state index in [1.807, 2.05) is 6.92 Å². The van der Waals surface area contributed by atoms with Crippen LogP contribution < -0.4 is 0 Å². The zero-order valence-electron chi connectivity index (χ0n) is 4.73. The molecule has 1 unspecified atom stereocenters. The van der Waals surface area contributed by atoms with Crippen molar-refractivity contribution < 1.29 is 28.6 Å². The second kappa shape index (κ2) is 6.81. The summed E-state index contributed by atoms with van der Waals surface area (Å²) >= 11 is 0. The van der Waals surface area contributed by atoms with Crippen molar-refractivity contribution in [3.05, 3.63) is 0 Å². The molecule has 0 rings (SSSR count). The van der Waals surface area contributed by atoms with E-state index in [2.05, 4.69) is 4.52 Å². The topological polar surface area (TPSA) is 26.3 Å². The summed E-state index contributed by atoms with van der Waals surface area (Å²) in [6.07, 6.45) is 0.654. The third kappa shape index (κ3) is 6.81. The van der Waals surface area contributed by atoms with E-state index in [9.17, 15) is 4.57 Å². The van der Waals surface area contributed by atoms with Crippen LogP contribution in [-0.2, 0) is 28.6 Å². The van der Waals surface area contributed by atoms with E-state index in [1.165, 1.54) is 7.11 Å². The van der Waals surface area contributed by atoms with Crippen LogP contribution in [0.2, 0.25) is 0 Å². The third-order valence-corrected chi connectivity index (χ3v) is 1.55. The molecule has 0 spiro atoms. The zero-order chi connectivity index (χ0) is 4.99. The molecule has 0 aliphatic rings. The summed E-state index contributed by atoms with van der Waals surface area (Å²) in [5.41, 5.74) is 0. The molecule has 4 heteroatoms. The van der Waals surface area contributed by atoms with E-state index in [0.717, 1.165) is 0 Å². The van der Waals surface area contributed by atoms with Crippen molar-refractivity contribution in [1.29, 1.82) is 0 Å². The summed E-state index contributed by atoms with van der Waals surface area (Å²) in [5.74, 6) is 0. The van der Waals surface area contributed by atoms with Crippen LogP contribution in [0.5, 0.6) is 0 Å². The van der Waals surface area contributed by atoms with Gasteiger partial charge in [-0.05, 0) is 0 Å². The third-order valence-electron chi connectivity index (χ3n) is 0.516. The van der Waals surface area contributed by atoms with Crippen molar-refractivity contribution in [2.45, 2.75) is 6.92 Å². The Bertz CT molecular complexity index is 50.9. The van der Waals surface area contributed by atoms with Crippen molar-refractivity contribution in [3.63, 3.8) is 0 Å². The van der Waals surface area contributed by atoms with Crippen molar-refractivity contribution in [3.8, 4) is 0 Å². The number of hydrogen-bond donors (Lipinski definition) is 0. The predicted octanol–water partition coefficient (Wildman–Crippen LogP) is 1.12. The van der Waals surface area contributed by atoms with Gasteiger partial charge < -0.3 is 4.52 Å². The molecule has 0 aromatic rings. The van der Waals surface area contributed by atoms with Gasteiger partial charge in [-0.3, -0.25) is 4.57 Å². The van der Waals surface area contributed by atoms with Crippen LogP contribution in [0.1, 0.15) is 6.92 Å². The Labute approximate surface area is 57.3 Å². The molecule has 2 nitrogen and oxygen atoms in total. The van der Waals surface area contributed by atoms with E-state index in [0.29, 0.717) is 6.16 Å². The number of rotatable bonds is 2. The van der Waals surface area contributed by atoms with Gasteiger partial charge in [0, 0.05) is 32.7 Å². The first kappa shape index (κ1) is 10.7. The van der Waals surface area contributed by atoms with Gasteiger partial charge in [0.1, 0.15) is 0 Å². The molecule has 0 N–H and O–H groups in total. The van der Waals surface area contributed by atoms with Crippen LogP contribution in [0.15, 0.2) is 0 Å². The summed E-state index contributed by atoms with van der Waals surface area (Å²) in [5, 5.41) is 0. The average Bonchev–Trinajstić information content (AvgIpc) is 1.65. The van der Waals surface area contributed by atoms with Crippen LogP contribution in [0.3, 0.4) is 0 Å². The van der Waals surface area contributed by atoms with Crippen molar-refractivity contribution >= 4 is 8.03 Å². The minimum Gasteiger partial charge on any atom is -0.334 e. The summed E-state index contributed by atoms with van der Waals surface area (Å²) in [6.45, 7) is 1.84. The van der Waals surface area contributed by atoms with Gasteiger partial charge in [0.15, 0.2) is 8.03 Å². The molecule has 0 aliphatic heterocycles. The van der Waals surface area contributed by atoms with Gasteiger partial charge in [-0.1, -0.05) is 6.92 Å². The van der Waals surface area contributed by atoms with E-state index >= 15 is 0 Å². The molecule has 0 heterocycles. The van der Waals surface area contributed by atoms with Gasteiger partial charge in [0.05, 0.1) is 0 Å². The second-order valence-electron chi connectivity index (χ2n) is 0.930. The van der Waals surface area contributed by atoms with Crippen LogP contribution in [0.4, 0.5) is 0 Å². The minimum atomic E-state index is -1.62. The summed E-state index contributed by atoms with van der Waals surface area (Å²) in [6, 6.07) is 0. The van der Waals surface area contributed by atoms with Gasteiger partial charge in [-0.15, -0.1) is 0 Å². The molecule has 0 saturated carbocycles. The predicted molar refractivity (Wildman–Crippen MR) is 26.6 cm³/mol. The van der Waals surface area contributed by atoms with Gasteiger partial charge >= 0.3 is 0 Å². The summed E-state index contributed by atoms with van der Waals surface area (Å²) < 4.78 is 14.6. The smallest absolute Gasteiger partial charge is 0.191 e. The Morgan fingerprint density at radius 1 is 1.71 bits per heavy atom. The minimum absolute atomic E-state index is 0. The molecular weight excluding hydrogens is 164 g/mol. The first-order valence-corrected chi connectivity index (χ1v) is 3.40. The standard InChI is InChI=1S/C3H9O2P.Zn/c1-3-6(4)5-2;/h6H,3H2,1-2H3;. The molecule has 0 saturated heterocycles. The van der Waals surface area contributed by atoms with E-state index < -0.39 is 8.03 Å². The normalized spacial score (nSPS) is 12.3. The Morgan fingerprint density at radius 3 is 2.14 bits per heavy atom. The molecule has 0 fully saturated rings. The molecule has 7 heavy (non-hydrogen) atoms. The van der Waals surface area contributed by atoms with Crippen molar-refractivity contribution in [1.82, 2.24) is 0 Å². The monoisotopic (exact) mass is 172 g/mol. The van der Waals surface area contributed by atoms with Crippen molar-refractivity contribution in [2.24, 2.45) is 0 Å². The van der Waals surface area contributed by atoms with E-state index in [4.69, 9.17) is 0 Å². The van der Waals surface area contributed by atoms with Gasteiger partial charge in [-0.25, -0.2) is 0 Å². The van der Waals surface area contributed by atoms with E-state index in [1.54, 1.807) is 0 Å². The first-order chi connectivity index (χ1) is 2.81. The molecule has 40 valence electrons. The quantitative estimate of drug-likeness (QED) is 0.462. The Hall–Kier alpha value is 0.813. The maximum absolute atomic E-state index is 10.1. The zero-order valence-corrected chi connectivity index (χ0v) is 8.70. The molecule has 0 amide bonds. The fraction of sp³-hybridized carbons (Fsp3) is 1.00. The SMILES string of the molecule is CC[PH](=O)OC.[Zn]. The second-order valence-corrected chi connectivity index (χ2v) is 2.79. The summed E-state index contributed by atoms with van der Waals surface area (Å²) in [4.78, 5) is 0. The molecule has 1 atom stereocenters. The van der Waals surface area contributed by atoms with Crippen LogP contribution >= 0.6 is 8.03 Å². The van der Waals surface area contributed by atoms with Gasteiger partial charge in [-0.2, -0.15) is 0 Å². The Kier molecular flexibility index (Phi) is 10.4. The fourth-order valence-corrected chi connectivity index (χ4v) is 0.433. The Balaban J connectivity index is 0. The van der Waals surface area contributed by atoms with Crippen molar-refractivity contribution in [2.75, 3.05) is 13.3 Å². The maximum Gasteiger partial charge on any atom is 0.191 e. The molecule has 0 aliphatic carbocycles. The molecular formula is C3H9O2PZn. The van der Waals surface area contributed by atoms with Crippen LogP contribution in [0, 0.1) is 0 Å². The molecule has 0 radical (unpaired) electrons. The maximum atomic E-state index is 10.1. The Morgan fingerprint density at radius 2 is 2.14 bits per heavy atom. The van der Waals surface area contributed by atoms with Crippen LogP contribution in [0.25, 0.3) is 0 Å². The largest absolute Gasteiger partial charge is 0.334 e. The van der Waals surface area contributed by atoms with Gasteiger partial charge in [0.2, 0.25) is 0 Å². The summed E-state index contributed by atoms with van der Waals surface area (Å²) in [7, 11) is -0.155. The van der Waals surface area contributed by atoms with E-state index in [-0.39, 0.29) is 19.5 Å². The van der Waals surface area contributed by atoms with Gasteiger partial charge in [0.25, 0.3) is 0 Å². The average molecular weight is 173 g/mol.